The first kappa shape index (κ1) is 20.2. The van der Waals surface area contributed by atoms with E-state index in [4.69, 9.17) is 0 Å². The van der Waals surface area contributed by atoms with Gasteiger partial charge in [0.1, 0.15) is 0 Å². The number of hydrogen-bond donors (Lipinski definition) is 0. The van der Waals surface area contributed by atoms with Crippen molar-refractivity contribution in [2.45, 2.75) is 117 Å². The van der Waals surface area contributed by atoms with Gasteiger partial charge in [-0.2, -0.15) is 5.26 Å². The van der Waals surface area contributed by atoms with E-state index in [1.54, 1.807) is 0 Å². The fourth-order valence-electron chi connectivity index (χ4n) is 7.07. The maximum atomic E-state index is 9.95. The Morgan fingerprint density at radius 3 is 2.35 bits per heavy atom. The zero-order chi connectivity index (χ0) is 18.4. The van der Waals surface area contributed by atoms with Crippen molar-refractivity contribution in [2.75, 3.05) is 0 Å². The van der Waals surface area contributed by atoms with E-state index in [9.17, 15) is 5.26 Å². The summed E-state index contributed by atoms with van der Waals surface area (Å²) in [6, 6.07) is 2.82. The summed E-state index contributed by atoms with van der Waals surface area (Å²) >= 11 is 0. The van der Waals surface area contributed by atoms with Crippen LogP contribution < -0.4 is 0 Å². The standard InChI is InChI=1S/C25H43N/c1-3-5-7-9-20-10-13-23-21(17-20)11-12-22-18-25(19-26,15-8-6-4-2)16-14-24(22)23/h20-24H,3-18H2,1-2H3/t20-,21?,22?,23?,24?,25+/m0/s1. The maximum absolute atomic E-state index is 9.95. The van der Waals surface area contributed by atoms with E-state index in [0.717, 1.165) is 29.6 Å². The topological polar surface area (TPSA) is 23.8 Å². The Kier molecular flexibility index (Phi) is 7.48. The predicted molar refractivity (Wildman–Crippen MR) is 111 cm³/mol. The van der Waals surface area contributed by atoms with E-state index < -0.39 is 0 Å². The second kappa shape index (κ2) is 9.61. The molecule has 0 aromatic rings. The van der Waals surface area contributed by atoms with Crippen LogP contribution in [-0.4, -0.2) is 0 Å². The maximum Gasteiger partial charge on any atom is 0.0689 e. The lowest BCUT2D eigenvalue weighted by molar-refractivity contribution is -0.0181. The van der Waals surface area contributed by atoms with Crippen molar-refractivity contribution in [1.29, 1.82) is 5.26 Å². The number of rotatable bonds is 8. The molecule has 0 spiro atoms. The Labute approximate surface area is 163 Å². The van der Waals surface area contributed by atoms with Crippen molar-refractivity contribution in [3.05, 3.63) is 0 Å². The minimum atomic E-state index is 0.0422. The molecule has 26 heavy (non-hydrogen) atoms. The molecule has 3 aliphatic carbocycles. The van der Waals surface area contributed by atoms with Crippen molar-refractivity contribution >= 4 is 0 Å². The highest BCUT2D eigenvalue weighted by Crippen LogP contribution is 2.57. The van der Waals surface area contributed by atoms with Gasteiger partial charge in [-0.05, 0) is 81.0 Å². The molecule has 4 unspecified atom stereocenters. The average Bonchev–Trinajstić information content (AvgIpc) is 2.68. The van der Waals surface area contributed by atoms with Crippen LogP contribution in [0.2, 0.25) is 0 Å². The highest BCUT2D eigenvalue weighted by molar-refractivity contribution is 5.06. The van der Waals surface area contributed by atoms with Gasteiger partial charge in [0, 0.05) is 0 Å². The summed E-state index contributed by atoms with van der Waals surface area (Å²) in [4.78, 5) is 0. The van der Waals surface area contributed by atoms with E-state index in [1.165, 1.54) is 103 Å². The van der Waals surface area contributed by atoms with Gasteiger partial charge in [0.25, 0.3) is 0 Å². The quantitative estimate of drug-likeness (QED) is 0.405. The first-order valence-electron chi connectivity index (χ1n) is 12.1. The molecule has 3 rings (SSSR count). The summed E-state index contributed by atoms with van der Waals surface area (Å²) in [6.07, 6.45) is 22.1. The number of hydrogen-bond acceptors (Lipinski definition) is 1. The second-order valence-electron chi connectivity index (χ2n) is 10.2. The molecule has 1 heteroatoms. The SMILES string of the molecule is CCCCC[C@H]1CCC2C(CCC3C[C@@](C#N)(CCCCC)CCC32)C1. The Balaban J connectivity index is 1.53. The predicted octanol–water partition coefficient (Wildman–Crippen LogP) is 7.90. The lowest BCUT2D eigenvalue weighted by atomic mass is 9.52. The van der Waals surface area contributed by atoms with Crippen LogP contribution in [0.15, 0.2) is 0 Å². The van der Waals surface area contributed by atoms with E-state index in [-0.39, 0.29) is 5.41 Å². The molecular weight excluding hydrogens is 314 g/mol. The lowest BCUT2D eigenvalue weighted by Gasteiger charge is -2.52. The smallest absolute Gasteiger partial charge is 0.0689 e. The highest BCUT2D eigenvalue weighted by Gasteiger charge is 2.48. The summed E-state index contributed by atoms with van der Waals surface area (Å²) in [5.41, 5.74) is 0.0422. The van der Waals surface area contributed by atoms with Gasteiger partial charge in [-0.1, -0.05) is 65.2 Å². The number of nitriles is 1. The summed E-state index contributed by atoms with van der Waals surface area (Å²) in [5, 5.41) is 9.95. The third-order valence-electron chi connectivity index (χ3n) is 8.53. The van der Waals surface area contributed by atoms with Gasteiger partial charge in [-0.3, -0.25) is 0 Å². The fraction of sp³-hybridized carbons (Fsp3) is 0.960. The zero-order valence-electron chi connectivity index (χ0n) is 17.6. The van der Waals surface area contributed by atoms with E-state index >= 15 is 0 Å². The molecule has 148 valence electrons. The fourth-order valence-corrected chi connectivity index (χ4v) is 7.07. The molecule has 3 fully saturated rings. The Morgan fingerprint density at radius 2 is 1.58 bits per heavy atom. The number of unbranched alkanes of at least 4 members (excludes halogenated alkanes) is 4. The summed E-state index contributed by atoms with van der Waals surface area (Å²) in [6.45, 7) is 4.60. The van der Waals surface area contributed by atoms with E-state index in [1.807, 2.05) is 0 Å². The molecular formula is C25H43N. The van der Waals surface area contributed by atoms with Crippen molar-refractivity contribution in [3.8, 4) is 6.07 Å². The monoisotopic (exact) mass is 357 g/mol. The van der Waals surface area contributed by atoms with E-state index in [2.05, 4.69) is 19.9 Å². The molecule has 0 radical (unpaired) electrons. The minimum absolute atomic E-state index is 0.0422. The minimum Gasteiger partial charge on any atom is -0.198 e. The summed E-state index contributed by atoms with van der Waals surface area (Å²) in [7, 11) is 0. The second-order valence-corrected chi connectivity index (χ2v) is 10.2. The Bertz CT molecular complexity index is 463. The van der Waals surface area contributed by atoms with Crippen LogP contribution in [-0.2, 0) is 0 Å². The normalized spacial score (nSPS) is 39.7. The van der Waals surface area contributed by atoms with Crippen LogP contribution in [0.5, 0.6) is 0 Å². The molecule has 0 heterocycles. The lowest BCUT2D eigenvalue weighted by Crippen LogP contribution is -2.44. The van der Waals surface area contributed by atoms with Gasteiger partial charge in [-0.15, -0.1) is 0 Å². The van der Waals surface area contributed by atoms with Gasteiger partial charge >= 0.3 is 0 Å². The van der Waals surface area contributed by atoms with Crippen LogP contribution in [0.1, 0.15) is 117 Å². The molecule has 0 saturated heterocycles. The van der Waals surface area contributed by atoms with Crippen molar-refractivity contribution < 1.29 is 0 Å². The molecule has 3 aliphatic rings. The summed E-state index contributed by atoms with van der Waals surface area (Å²) in [5.74, 6) is 4.94. The number of fused-ring (bicyclic) bond motifs is 3. The molecule has 0 amide bonds. The molecule has 0 aliphatic heterocycles. The van der Waals surface area contributed by atoms with Gasteiger partial charge < -0.3 is 0 Å². The summed E-state index contributed by atoms with van der Waals surface area (Å²) < 4.78 is 0. The van der Waals surface area contributed by atoms with Crippen LogP contribution in [0.25, 0.3) is 0 Å². The van der Waals surface area contributed by atoms with Gasteiger partial charge in [-0.25, -0.2) is 0 Å². The van der Waals surface area contributed by atoms with E-state index in [0.29, 0.717) is 0 Å². The van der Waals surface area contributed by atoms with Crippen LogP contribution >= 0.6 is 0 Å². The molecule has 0 bridgehead atoms. The molecule has 1 nitrogen and oxygen atoms in total. The van der Waals surface area contributed by atoms with Gasteiger partial charge in [0.05, 0.1) is 11.5 Å². The number of nitrogens with zero attached hydrogens (tertiary/aromatic N) is 1. The third-order valence-corrected chi connectivity index (χ3v) is 8.53. The zero-order valence-corrected chi connectivity index (χ0v) is 17.6. The van der Waals surface area contributed by atoms with Crippen LogP contribution in [0.4, 0.5) is 0 Å². The average molecular weight is 358 g/mol. The van der Waals surface area contributed by atoms with Crippen LogP contribution in [0, 0.1) is 46.3 Å². The molecule has 0 aromatic carbocycles. The van der Waals surface area contributed by atoms with Crippen molar-refractivity contribution in [2.24, 2.45) is 35.0 Å². The third kappa shape index (κ3) is 4.66. The first-order chi connectivity index (χ1) is 12.7. The highest BCUT2D eigenvalue weighted by atomic mass is 14.5. The Hall–Kier alpha value is -0.510. The Morgan fingerprint density at radius 1 is 0.846 bits per heavy atom. The van der Waals surface area contributed by atoms with Crippen molar-refractivity contribution in [3.63, 3.8) is 0 Å². The molecule has 0 aromatic heterocycles. The van der Waals surface area contributed by atoms with Crippen LogP contribution in [0.3, 0.4) is 0 Å². The first-order valence-corrected chi connectivity index (χ1v) is 12.1. The molecule has 3 saturated carbocycles. The van der Waals surface area contributed by atoms with Gasteiger partial charge in [0.2, 0.25) is 0 Å². The largest absolute Gasteiger partial charge is 0.198 e. The molecule has 6 atom stereocenters. The van der Waals surface area contributed by atoms with Gasteiger partial charge in [0.15, 0.2) is 0 Å². The molecule has 0 N–H and O–H groups in total. The van der Waals surface area contributed by atoms with Crippen molar-refractivity contribution in [1.82, 2.24) is 0 Å².